The Bertz CT molecular complexity index is 1010. The largest absolute Gasteiger partial charge is 0.493 e. The van der Waals surface area contributed by atoms with Gasteiger partial charge in [-0.25, -0.2) is 4.79 Å². The average Bonchev–Trinajstić information content (AvgIpc) is 3.30. The van der Waals surface area contributed by atoms with Crippen LogP contribution >= 0.6 is 11.3 Å². The minimum absolute atomic E-state index is 0.359. The first-order chi connectivity index (χ1) is 14.4. The number of hydrogen-bond donors (Lipinski definition) is 2. The van der Waals surface area contributed by atoms with Crippen LogP contribution < -0.4 is 20.5 Å². The smallest absolute Gasteiger partial charge is 0.331 e. The second-order valence-electron chi connectivity index (χ2n) is 6.50. The fourth-order valence-electron chi connectivity index (χ4n) is 3.30. The number of rotatable bonds is 8. The lowest BCUT2D eigenvalue weighted by Crippen LogP contribution is -2.22. The normalized spacial score (nSPS) is 12.5. The molecule has 2 aromatic rings. The number of carbonyl (C=O) groups is 3. The van der Waals surface area contributed by atoms with Crippen molar-refractivity contribution in [2.24, 2.45) is 5.73 Å². The molecular formula is C21H22N2O6S. The van der Waals surface area contributed by atoms with Crippen molar-refractivity contribution in [2.45, 2.75) is 19.3 Å². The van der Waals surface area contributed by atoms with Crippen molar-refractivity contribution in [1.82, 2.24) is 0 Å². The summed E-state index contributed by atoms with van der Waals surface area (Å²) >= 11 is 1.34. The number of nitrogens with one attached hydrogen (secondary N) is 1. The molecule has 8 nitrogen and oxygen atoms in total. The number of hydrogen-bond acceptors (Lipinski definition) is 7. The molecule has 158 valence electrons. The van der Waals surface area contributed by atoms with Gasteiger partial charge in [0.2, 0.25) is 0 Å². The van der Waals surface area contributed by atoms with Gasteiger partial charge in [-0.2, -0.15) is 0 Å². The molecule has 0 saturated carbocycles. The Kier molecular flexibility index (Phi) is 6.73. The van der Waals surface area contributed by atoms with Crippen LogP contribution in [0.2, 0.25) is 0 Å². The standard InChI is InChI=1S/C21H22N2O6S/c1-27-14-7-3-5-12(19(14)28-2)9-10-17(25)29-11-16(24)23-21-18(20(22)26)13-6-4-8-15(13)30-21/h3,5,7,9-10H,4,6,8,11H2,1-2H3,(H2,22,26)(H,23,24)/b10-9+. The SMILES string of the molecule is COc1cccc(/C=C/C(=O)OCC(=O)Nc2sc3c(c2C(N)=O)CCC3)c1OC. The summed E-state index contributed by atoms with van der Waals surface area (Å²) in [6.45, 7) is -0.487. The Morgan fingerprint density at radius 3 is 2.70 bits per heavy atom. The van der Waals surface area contributed by atoms with Crippen LogP contribution in [0.15, 0.2) is 24.3 Å². The highest BCUT2D eigenvalue weighted by Crippen LogP contribution is 2.38. The van der Waals surface area contributed by atoms with E-state index in [1.165, 1.54) is 37.7 Å². The Balaban J connectivity index is 1.59. The summed E-state index contributed by atoms with van der Waals surface area (Å²) in [4.78, 5) is 37.0. The summed E-state index contributed by atoms with van der Waals surface area (Å²) in [5.41, 5.74) is 7.37. The fourth-order valence-corrected chi connectivity index (χ4v) is 4.61. The zero-order valence-corrected chi connectivity index (χ0v) is 17.5. The fraction of sp³-hybridized carbons (Fsp3) is 0.286. The number of para-hydroxylation sites is 1. The van der Waals surface area contributed by atoms with Gasteiger partial charge in [-0.3, -0.25) is 9.59 Å². The van der Waals surface area contributed by atoms with E-state index >= 15 is 0 Å². The van der Waals surface area contributed by atoms with Gasteiger partial charge in [-0.15, -0.1) is 11.3 Å². The number of esters is 1. The van der Waals surface area contributed by atoms with Gasteiger partial charge in [0.25, 0.3) is 11.8 Å². The lowest BCUT2D eigenvalue weighted by atomic mass is 10.1. The van der Waals surface area contributed by atoms with Crippen LogP contribution in [-0.4, -0.2) is 38.6 Å². The number of primary amides is 1. The molecule has 1 heterocycles. The van der Waals surface area contributed by atoms with E-state index in [1.807, 2.05) is 0 Å². The molecule has 0 unspecified atom stereocenters. The Labute approximate surface area is 177 Å². The predicted molar refractivity (Wildman–Crippen MR) is 113 cm³/mol. The lowest BCUT2D eigenvalue weighted by Gasteiger charge is -2.09. The van der Waals surface area contributed by atoms with E-state index in [1.54, 1.807) is 18.2 Å². The number of benzene rings is 1. The van der Waals surface area contributed by atoms with Crippen LogP contribution in [0.25, 0.3) is 6.08 Å². The number of anilines is 1. The number of fused-ring (bicyclic) bond motifs is 1. The molecule has 0 saturated heterocycles. The maximum atomic E-state index is 12.2. The van der Waals surface area contributed by atoms with E-state index < -0.39 is 24.4 Å². The molecule has 30 heavy (non-hydrogen) atoms. The topological polar surface area (TPSA) is 117 Å². The third-order valence-corrected chi connectivity index (χ3v) is 5.81. The van der Waals surface area contributed by atoms with E-state index in [2.05, 4.69) is 5.32 Å². The van der Waals surface area contributed by atoms with Gasteiger partial charge in [-0.1, -0.05) is 12.1 Å². The van der Waals surface area contributed by atoms with Crippen molar-refractivity contribution >= 4 is 40.2 Å². The number of carbonyl (C=O) groups excluding carboxylic acids is 3. The monoisotopic (exact) mass is 430 g/mol. The molecule has 9 heteroatoms. The quantitative estimate of drug-likeness (QED) is 0.491. The van der Waals surface area contributed by atoms with Crippen molar-refractivity contribution in [1.29, 1.82) is 0 Å². The first-order valence-electron chi connectivity index (χ1n) is 9.24. The van der Waals surface area contributed by atoms with Crippen molar-refractivity contribution in [3.63, 3.8) is 0 Å². The zero-order chi connectivity index (χ0) is 21.7. The lowest BCUT2D eigenvalue weighted by molar-refractivity contribution is -0.142. The molecule has 3 rings (SSSR count). The molecule has 0 spiro atoms. The Morgan fingerprint density at radius 2 is 2.00 bits per heavy atom. The van der Waals surface area contributed by atoms with E-state index in [0.717, 1.165) is 29.7 Å². The minimum atomic E-state index is -0.696. The summed E-state index contributed by atoms with van der Waals surface area (Å²) in [5, 5.41) is 3.03. The van der Waals surface area contributed by atoms with Gasteiger partial charge in [0.1, 0.15) is 5.00 Å². The minimum Gasteiger partial charge on any atom is -0.493 e. The molecule has 1 aromatic heterocycles. The average molecular weight is 430 g/mol. The first kappa shape index (κ1) is 21.4. The molecule has 1 aliphatic rings. The highest BCUT2D eigenvalue weighted by molar-refractivity contribution is 7.17. The molecule has 0 aliphatic heterocycles. The van der Waals surface area contributed by atoms with Crippen LogP contribution in [-0.2, 0) is 27.2 Å². The number of nitrogens with two attached hydrogens (primary N) is 1. The van der Waals surface area contributed by atoms with Crippen LogP contribution in [0, 0.1) is 0 Å². The number of methoxy groups -OCH3 is 2. The third kappa shape index (κ3) is 4.62. The summed E-state index contributed by atoms with van der Waals surface area (Å²) in [6.07, 6.45) is 5.31. The molecule has 0 fully saturated rings. The highest BCUT2D eigenvalue weighted by Gasteiger charge is 2.26. The molecule has 1 aromatic carbocycles. The van der Waals surface area contributed by atoms with E-state index in [4.69, 9.17) is 19.9 Å². The summed E-state index contributed by atoms with van der Waals surface area (Å²) < 4.78 is 15.5. The molecule has 2 amide bonds. The van der Waals surface area contributed by atoms with E-state index in [0.29, 0.717) is 27.6 Å². The maximum absolute atomic E-state index is 12.2. The van der Waals surface area contributed by atoms with E-state index in [9.17, 15) is 14.4 Å². The number of ether oxygens (including phenoxy) is 3. The first-order valence-corrected chi connectivity index (χ1v) is 10.1. The van der Waals surface area contributed by atoms with Gasteiger partial charge in [0.15, 0.2) is 18.1 Å². The number of thiophene rings is 1. The molecule has 3 N–H and O–H groups in total. The van der Waals surface area contributed by atoms with Gasteiger partial charge >= 0.3 is 5.97 Å². The van der Waals surface area contributed by atoms with Crippen LogP contribution in [0.5, 0.6) is 11.5 Å². The Morgan fingerprint density at radius 1 is 1.20 bits per heavy atom. The molecule has 1 aliphatic carbocycles. The molecule has 0 bridgehead atoms. The van der Waals surface area contributed by atoms with Crippen LogP contribution in [0.4, 0.5) is 5.00 Å². The zero-order valence-electron chi connectivity index (χ0n) is 16.7. The third-order valence-electron chi connectivity index (χ3n) is 4.60. The summed E-state index contributed by atoms with van der Waals surface area (Å²) in [7, 11) is 3.02. The van der Waals surface area contributed by atoms with Crippen molar-refractivity contribution < 1.29 is 28.6 Å². The highest BCUT2D eigenvalue weighted by atomic mass is 32.1. The second kappa shape index (κ2) is 9.45. The maximum Gasteiger partial charge on any atom is 0.331 e. The van der Waals surface area contributed by atoms with Gasteiger partial charge in [0, 0.05) is 16.5 Å². The summed E-state index contributed by atoms with van der Waals surface area (Å²) in [5.74, 6) is -0.805. The predicted octanol–water partition coefficient (Wildman–Crippen LogP) is 2.55. The van der Waals surface area contributed by atoms with Gasteiger partial charge in [0.05, 0.1) is 19.8 Å². The summed E-state index contributed by atoms with van der Waals surface area (Å²) in [6, 6.07) is 5.24. The number of aryl methyl sites for hydroxylation is 1. The van der Waals surface area contributed by atoms with Crippen LogP contribution in [0.3, 0.4) is 0 Å². The number of amides is 2. The van der Waals surface area contributed by atoms with Gasteiger partial charge in [-0.05, 0) is 37.0 Å². The van der Waals surface area contributed by atoms with Crippen molar-refractivity contribution in [3.05, 3.63) is 45.8 Å². The Hall–Kier alpha value is -3.33. The van der Waals surface area contributed by atoms with Gasteiger partial charge < -0.3 is 25.3 Å². The molecule has 0 atom stereocenters. The van der Waals surface area contributed by atoms with Crippen LogP contribution in [0.1, 0.15) is 32.8 Å². The molecular weight excluding hydrogens is 408 g/mol. The molecule has 0 radical (unpaired) electrons. The van der Waals surface area contributed by atoms with E-state index in [-0.39, 0.29) is 0 Å². The van der Waals surface area contributed by atoms with Crippen molar-refractivity contribution in [2.75, 3.05) is 26.1 Å². The second-order valence-corrected chi connectivity index (χ2v) is 7.60. The van der Waals surface area contributed by atoms with Crippen molar-refractivity contribution in [3.8, 4) is 11.5 Å².